The molecule has 17 rings (SSSR count). The molecule has 2 spiro atoms. The molecular formula is C75H47NO2. The van der Waals surface area contributed by atoms with Crippen LogP contribution in [0.4, 0.5) is 17.1 Å². The number of hydrogen-bond donors (Lipinski definition) is 0. The minimum absolute atomic E-state index is 0.629. The monoisotopic (exact) mass is 993 g/mol. The molecule has 0 aromatic heterocycles. The number of nitrogens with zero attached hydrogens (tertiary/aromatic N) is 1. The Balaban J connectivity index is 1.05. The van der Waals surface area contributed by atoms with Gasteiger partial charge >= 0.3 is 0 Å². The van der Waals surface area contributed by atoms with Crippen LogP contribution in [0.5, 0.6) is 23.0 Å². The lowest BCUT2D eigenvalue weighted by Gasteiger charge is -2.42. The molecule has 12 aromatic carbocycles. The zero-order chi connectivity index (χ0) is 51.2. The van der Waals surface area contributed by atoms with E-state index < -0.39 is 16.2 Å². The Labute approximate surface area is 453 Å². The fraction of sp³-hybridized carbons (Fsp3) is 0.0400. The quantitative estimate of drug-likeness (QED) is 0.172. The first-order chi connectivity index (χ1) is 38.7. The van der Waals surface area contributed by atoms with Crippen LogP contribution in [0, 0.1) is 0 Å². The van der Waals surface area contributed by atoms with Gasteiger partial charge in [0.1, 0.15) is 23.0 Å². The minimum atomic E-state index is -0.768. The van der Waals surface area contributed by atoms with Crippen molar-refractivity contribution in [1.29, 1.82) is 0 Å². The van der Waals surface area contributed by atoms with E-state index in [1.165, 1.54) is 77.9 Å². The molecule has 0 bridgehead atoms. The van der Waals surface area contributed by atoms with Gasteiger partial charge in [0.25, 0.3) is 0 Å². The van der Waals surface area contributed by atoms with E-state index in [9.17, 15) is 0 Å². The Bertz CT molecular complexity index is 4350. The van der Waals surface area contributed by atoms with Crippen molar-refractivity contribution in [3.05, 3.63) is 352 Å². The second kappa shape index (κ2) is 16.0. The van der Waals surface area contributed by atoms with Crippen molar-refractivity contribution in [2.45, 2.75) is 16.2 Å². The molecule has 2 aliphatic heterocycles. The van der Waals surface area contributed by atoms with Gasteiger partial charge in [-0.1, -0.05) is 243 Å². The minimum Gasteiger partial charge on any atom is -0.457 e. The topological polar surface area (TPSA) is 21.7 Å². The molecule has 0 saturated carbocycles. The number of rotatable bonds is 5. The molecule has 3 nitrogen and oxygen atoms in total. The molecule has 0 N–H and O–H groups in total. The molecule has 0 atom stereocenters. The first-order valence-electron chi connectivity index (χ1n) is 27.1. The summed E-state index contributed by atoms with van der Waals surface area (Å²) >= 11 is 0. The van der Waals surface area contributed by atoms with Crippen molar-refractivity contribution in [2.75, 3.05) is 4.90 Å². The largest absolute Gasteiger partial charge is 0.457 e. The SMILES string of the molecule is c1ccc(C2(c3ccccc3)c3ccccc3-c3c(N(c4cccc5c4-c4ccccc4C54c5ccccc5Oc5ccccc54)c4cccc5c4C4(c6ccccc6Oc6ccccc64)c4ccccc4-5)cccc32)cc1. The van der Waals surface area contributed by atoms with Crippen molar-refractivity contribution >= 4 is 17.1 Å². The number of ether oxygens (including phenoxy) is 2. The first-order valence-corrected chi connectivity index (χ1v) is 27.1. The van der Waals surface area contributed by atoms with Crippen LogP contribution in [0.15, 0.2) is 285 Å². The summed E-state index contributed by atoms with van der Waals surface area (Å²) in [5, 5.41) is 0. The Kier molecular flexibility index (Phi) is 8.90. The second-order valence-electron chi connectivity index (χ2n) is 21.2. The molecule has 364 valence electrons. The fourth-order valence-corrected chi connectivity index (χ4v) is 15.2. The number of para-hydroxylation sites is 4. The zero-order valence-electron chi connectivity index (χ0n) is 42.4. The highest BCUT2D eigenvalue weighted by molar-refractivity contribution is 6.05. The Morgan fingerprint density at radius 3 is 1.03 bits per heavy atom. The summed E-state index contributed by atoms with van der Waals surface area (Å²) in [7, 11) is 0. The van der Waals surface area contributed by atoms with Crippen LogP contribution >= 0.6 is 0 Å². The van der Waals surface area contributed by atoms with E-state index in [4.69, 9.17) is 9.47 Å². The van der Waals surface area contributed by atoms with Gasteiger partial charge in [0.2, 0.25) is 0 Å². The van der Waals surface area contributed by atoms with Crippen molar-refractivity contribution < 1.29 is 9.47 Å². The Morgan fingerprint density at radius 1 is 0.218 bits per heavy atom. The third-order valence-corrected chi connectivity index (χ3v) is 17.9. The third kappa shape index (κ3) is 5.33. The summed E-state index contributed by atoms with van der Waals surface area (Å²) in [4.78, 5) is 2.67. The lowest BCUT2D eigenvalue weighted by molar-refractivity contribution is 0.436. The van der Waals surface area contributed by atoms with Crippen LogP contribution in [0.1, 0.15) is 66.8 Å². The van der Waals surface area contributed by atoms with E-state index in [0.29, 0.717) is 0 Å². The van der Waals surface area contributed by atoms with Gasteiger partial charge in [0.15, 0.2) is 0 Å². The highest BCUT2D eigenvalue weighted by Gasteiger charge is 2.56. The van der Waals surface area contributed by atoms with Crippen LogP contribution in [0.2, 0.25) is 0 Å². The number of hydrogen-bond acceptors (Lipinski definition) is 3. The molecule has 0 saturated heterocycles. The predicted octanol–water partition coefficient (Wildman–Crippen LogP) is 18.5. The molecule has 5 aliphatic rings. The average Bonchev–Trinajstić information content (AvgIpc) is 4.11. The van der Waals surface area contributed by atoms with Gasteiger partial charge in [-0.3, -0.25) is 0 Å². The average molecular weight is 994 g/mol. The molecule has 12 aromatic rings. The Morgan fingerprint density at radius 2 is 0.538 bits per heavy atom. The van der Waals surface area contributed by atoms with Crippen molar-refractivity contribution in [2.24, 2.45) is 0 Å². The van der Waals surface area contributed by atoms with E-state index in [0.717, 1.165) is 62.3 Å². The van der Waals surface area contributed by atoms with E-state index in [1.807, 2.05) is 0 Å². The van der Waals surface area contributed by atoms with Gasteiger partial charge in [-0.2, -0.15) is 0 Å². The highest BCUT2D eigenvalue weighted by Crippen LogP contribution is 2.69. The molecule has 0 radical (unpaired) electrons. The molecule has 0 fully saturated rings. The van der Waals surface area contributed by atoms with Crippen LogP contribution < -0.4 is 14.4 Å². The van der Waals surface area contributed by atoms with E-state index in [1.54, 1.807) is 0 Å². The molecule has 3 aliphatic carbocycles. The summed E-state index contributed by atoms with van der Waals surface area (Å²) in [5.74, 6) is 3.46. The van der Waals surface area contributed by atoms with Gasteiger partial charge in [0, 0.05) is 38.9 Å². The molecular weight excluding hydrogens is 947 g/mol. The molecule has 0 unspecified atom stereocenters. The third-order valence-electron chi connectivity index (χ3n) is 17.9. The molecule has 0 amide bonds. The standard InChI is InChI=1S/C75H47NO2/c1-3-24-48(25-4-1)73(49-26-5-2-6-27-49)55-33-11-8-29-52(55)70-61(73)39-22-41-63(70)76(64-42-23-40-62-71(64)53-30-9-12-34-56(53)74(62)57-35-13-17-44-66(57)77-67-45-18-14-36-58(67)74)65-43-21-31-51-50-28-7-10-32-54(50)75(72(51)65)59-37-15-19-46-68(59)78-69-47-20-16-38-60(69)75/h1-47H. The van der Waals surface area contributed by atoms with E-state index >= 15 is 0 Å². The smallest absolute Gasteiger partial charge is 0.132 e. The maximum absolute atomic E-state index is 6.97. The van der Waals surface area contributed by atoms with Crippen LogP contribution in [-0.2, 0) is 16.2 Å². The summed E-state index contributed by atoms with van der Waals surface area (Å²) in [6, 6.07) is 106. The van der Waals surface area contributed by atoms with Crippen LogP contribution in [0.3, 0.4) is 0 Å². The van der Waals surface area contributed by atoms with Crippen molar-refractivity contribution in [3.8, 4) is 56.4 Å². The highest BCUT2D eigenvalue weighted by atomic mass is 16.5. The fourth-order valence-electron chi connectivity index (χ4n) is 15.2. The predicted molar refractivity (Wildman–Crippen MR) is 313 cm³/mol. The van der Waals surface area contributed by atoms with Gasteiger partial charge in [-0.05, 0) is 104 Å². The second-order valence-corrected chi connectivity index (χ2v) is 21.2. The van der Waals surface area contributed by atoms with Crippen LogP contribution in [-0.4, -0.2) is 0 Å². The summed E-state index contributed by atoms with van der Waals surface area (Å²) < 4.78 is 13.8. The maximum Gasteiger partial charge on any atom is 0.132 e. The van der Waals surface area contributed by atoms with Gasteiger partial charge < -0.3 is 14.4 Å². The lowest BCUT2D eigenvalue weighted by atomic mass is 9.65. The van der Waals surface area contributed by atoms with Gasteiger partial charge in [-0.25, -0.2) is 0 Å². The van der Waals surface area contributed by atoms with E-state index in [2.05, 4.69) is 290 Å². The lowest BCUT2D eigenvalue weighted by Crippen LogP contribution is -2.33. The molecule has 3 heteroatoms. The maximum atomic E-state index is 6.97. The van der Waals surface area contributed by atoms with Crippen LogP contribution in [0.25, 0.3) is 33.4 Å². The molecule has 78 heavy (non-hydrogen) atoms. The zero-order valence-corrected chi connectivity index (χ0v) is 42.4. The number of anilines is 3. The summed E-state index contributed by atoms with van der Waals surface area (Å²) in [5.41, 5.74) is 22.8. The number of benzene rings is 12. The normalized spacial score (nSPS) is 14.9. The van der Waals surface area contributed by atoms with Gasteiger partial charge in [0.05, 0.1) is 33.3 Å². The van der Waals surface area contributed by atoms with Crippen molar-refractivity contribution in [3.63, 3.8) is 0 Å². The van der Waals surface area contributed by atoms with Gasteiger partial charge in [-0.15, -0.1) is 0 Å². The first kappa shape index (κ1) is 43.3. The Hall–Kier alpha value is -9.96. The van der Waals surface area contributed by atoms with E-state index in [-0.39, 0.29) is 0 Å². The number of fused-ring (bicyclic) bond motifs is 21. The summed E-state index contributed by atoms with van der Waals surface area (Å²) in [6.07, 6.45) is 0. The van der Waals surface area contributed by atoms with Crippen molar-refractivity contribution in [1.82, 2.24) is 0 Å². The molecule has 2 heterocycles. The summed E-state index contributed by atoms with van der Waals surface area (Å²) in [6.45, 7) is 0.